The lowest BCUT2D eigenvalue weighted by atomic mass is 10.3. The van der Waals surface area contributed by atoms with E-state index < -0.39 is 15.8 Å². The average Bonchev–Trinajstić information content (AvgIpc) is 2.32. The Balaban J connectivity index is 2.35. The molecule has 0 aliphatic carbocycles. The van der Waals surface area contributed by atoms with Gasteiger partial charge in [-0.25, -0.2) is 17.8 Å². The smallest absolute Gasteiger partial charge is 0.263 e. The van der Waals surface area contributed by atoms with Crippen LogP contribution in [0.25, 0.3) is 0 Å². The van der Waals surface area contributed by atoms with Crippen LogP contribution in [0.2, 0.25) is 10.2 Å². The number of nitrogens with one attached hydrogen (secondary N) is 1. The summed E-state index contributed by atoms with van der Waals surface area (Å²) < 4.78 is 39.2. The maximum absolute atomic E-state index is 13.0. The van der Waals surface area contributed by atoms with E-state index in [2.05, 4.69) is 9.71 Å². The molecule has 8 heteroatoms. The molecule has 19 heavy (non-hydrogen) atoms. The third-order valence-corrected chi connectivity index (χ3v) is 4.19. The normalized spacial score (nSPS) is 11.3. The van der Waals surface area contributed by atoms with E-state index in [9.17, 15) is 12.8 Å². The van der Waals surface area contributed by atoms with E-state index in [-0.39, 0.29) is 20.8 Å². The fourth-order valence-corrected chi connectivity index (χ4v) is 2.67. The lowest BCUT2D eigenvalue weighted by Gasteiger charge is -2.08. The minimum absolute atomic E-state index is 0.00590. The maximum Gasteiger partial charge on any atom is 0.263 e. The van der Waals surface area contributed by atoms with Crippen LogP contribution in [0.15, 0.2) is 41.4 Å². The molecule has 4 nitrogen and oxygen atoms in total. The highest BCUT2D eigenvalue weighted by molar-refractivity contribution is 7.92. The van der Waals surface area contributed by atoms with Crippen molar-refractivity contribution in [3.63, 3.8) is 0 Å². The molecule has 0 atom stereocenters. The molecule has 0 bridgehead atoms. The summed E-state index contributed by atoms with van der Waals surface area (Å²) in [5.74, 6) is -0.549. The van der Waals surface area contributed by atoms with Gasteiger partial charge in [0.1, 0.15) is 15.9 Å². The van der Waals surface area contributed by atoms with E-state index in [1.54, 1.807) is 0 Å². The van der Waals surface area contributed by atoms with Gasteiger partial charge in [-0.15, -0.1) is 0 Å². The molecule has 0 aliphatic rings. The number of sulfonamides is 1. The van der Waals surface area contributed by atoms with Crippen molar-refractivity contribution in [1.29, 1.82) is 0 Å². The monoisotopic (exact) mass is 320 g/mol. The number of aromatic nitrogens is 1. The highest BCUT2D eigenvalue weighted by atomic mass is 35.5. The second-order valence-corrected chi connectivity index (χ2v) is 6.01. The van der Waals surface area contributed by atoms with Gasteiger partial charge in [-0.3, -0.25) is 4.72 Å². The molecule has 1 aromatic carbocycles. The third kappa shape index (κ3) is 3.34. The number of halogens is 3. The standard InChI is InChI=1S/C11H7Cl2FN2O2S/c12-10-5-9(6-15-11(10)13)19(17,18)16-8-3-1-2-7(14)4-8/h1-6,16H. The molecule has 1 N–H and O–H groups in total. The minimum atomic E-state index is -3.89. The van der Waals surface area contributed by atoms with Gasteiger partial charge in [-0.1, -0.05) is 29.3 Å². The van der Waals surface area contributed by atoms with Gasteiger partial charge in [-0.2, -0.15) is 0 Å². The molecule has 0 radical (unpaired) electrons. The summed E-state index contributed by atoms with van der Waals surface area (Å²) in [6.45, 7) is 0. The summed E-state index contributed by atoms with van der Waals surface area (Å²) in [4.78, 5) is 3.48. The summed E-state index contributed by atoms with van der Waals surface area (Å²) in [7, 11) is -3.89. The Morgan fingerprint density at radius 2 is 1.95 bits per heavy atom. The fraction of sp³-hybridized carbons (Fsp3) is 0. The van der Waals surface area contributed by atoms with Gasteiger partial charge in [-0.05, 0) is 24.3 Å². The number of hydrogen-bond acceptors (Lipinski definition) is 3. The Morgan fingerprint density at radius 1 is 1.21 bits per heavy atom. The van der Waals surface area contributed by atoms with Crippen molar-refractivity contribution in [3.8, 4) is 0 Å². The molecule has 2 rings (SSSR count). The zero-order valence-electron chi connectivity index (χ0n) is 9.27. The van der Waals surface area contributed by atoms with Crippen molar-refractivity contribution in [3.05, 3.63) is 52.5 Å². The summed E-state index contributed by atoms with van der Waals surface area (Å²) >= 11 is 11.3. The van der Waals surface area contributed by atoms with Gasteiger partial charge >= 0.3 is 0 Å². The van der Waals surface area contributed by atoms with Gasteiger partial charge in [0.05, 0.1) is 10.7 Å². The Bertz CT molecular complexity index is 722. The van der Waals surface area contributed by atoms with Crippen molar-refractivity contribution >= 4 is 38.9 Å². The second-order valence-electron chi connectivity index (χ2n) is 3.56. The zero-order chi connectivity index (χ0) is 14.0. The molecule has 1 heterocycles. The number of benzene rings is 1. The highest BCUT2D eigenvalue weighted by Gasteiger charge is 2.16. The Morgan fingerprint density at radius 3 is 2.58 bits per heavy atom. The summed E-state index contributed by atoms with van der Waals surface area (Å²) in [5.41, 5.74) is 0.103. The molecule has 0 unspecified atom stereocenters. The molecule has 0 saturated heterocycles. The van der Waals surface area contributed by atoms with E-state index in [1.165, 1.54) is 24.3 Å². The van der Waals surface area contributed by atoms with Crippen LogP contribution in [0.3, 0.4) is 0 Å². The average molecular weight is 321 g/mol. The van der Waals surface area contributed by atoms with Crippen LogP contribution < -0.4 is 4.72 Å². The number of pyridine rings is 1. The summed E-state index contributed by atoms with van der Waals surface area (Å²) in [5, 5.41) is 0.0233. The molecule has 1 aromatic heterocycles. The first-order chi connectivity index (χ1) is 8.88. The first kappa shape index (κ1) is 14.0. The molecule has 0 amide bonds. The van der Waals surface area contributed by atoms with E-state index in [0.29, 0.717) is 0 Å². The van der Waals surface area contributed by atoms with Gasteiger partial charge in [0.2, 0.25) is 0 Å². The molecular weight excluding hydrogens is 314 g/mol. The van der Waals surface area contributed by atoms with Crippen molar-refractivity contribution in [1.82, 2.24) is 4.98 Å². The lowest BCUT2D eigenvalue weighted by molar-refractivity contribution is 0.600. The summed E-state index contributed by atoms with van der Waals surface area (Å²) in [6, 6.07) is 6.24. The predicted octanol–water partition coefficient (Wildman–Crippen LogP) is 3.33. The lowest BCUT2D eigenvalue weighted by Crippen LogP contribution is -2.13. The largest absolute Gasteiger partial charge is 0.279 e. The maximum atomic E-state index is 13.0. The molecule has 0 spiro atoms. The molecule has 2 aromatic rings. The number of anilines is 1. The molecular formula is C11H7Cl2FN2O2S. The molecule has 0 fully saturated rings. The van der Waals surface area contributed by atoms with Gasteiger partial charge in [0.25, 0.3) is 10.0 Å². The van der Waals surface area contributed by atoms with Crippen LogP contribution in [-0.4, -0.2) is 13.4 Å². The number of rotatable bonds is 3. The van der Waals surface area contributed by atoms with Gasteiger partial charge in [0, 0.05) is 6.20 Å². The molecule has 100 valence electrons. The third-order valence-electron chi connectivity index (χ3n) is 2.16. The zero-order valence-corrected chi connectivity index (χ0v) is 11.6. The van der Waals surface area contributed by atoms with Crippen LogP contribution >= 0.6 is 23.2 Å². The first-order valence-electron chi connectivity index (χ1n) is 4.98. The topological polar surface area (TPSA) is 59.1 Å². The minimum Gasteiger partial charge on any atom is -0.279 e. The second kappa shape index (κ2) is 5.32. The Labute approximate surface area is 119 Å². The predicted molar refractivity (Wildman–Crippen MR) is 71.5 cm³/mol. The fourth-order valence-electron chi connectivity index (χ4n) is 1.32. The van der Waals surface area contributed by atoms with Crippen molar-refractivity contribution in [2.45, 2.75) is 4.90 Å². The number of nitrogens with zero attached hydrogens (tertiary/aromatic N) is 1. The molecule has 0 aliphatic heterocycles. The van der Waals surface area contributed by atoms with Crippen LogP contribution in [0, 0.1) is 5.82 Å². The first-order valence-corrected chi connectivity index (χ1v) is 7.22. The van der Waals surface area contributed by atoms with Crippen molar-refractivity contribution < 1.29 is 12.8 Å². The van der Waals surface area contributed by atoms with Crippen molar-refractivity contribution in [2.24, 2.45) is 0 Å². The summed E-state index contributed by atoms with van der Waals surface area (Å²) in [6.07, 6.45) is 1.07. The Hall–Kier alpha value is -1.37. The number of hydrogen-bond donors (Lipinski definition) is 1. The highest BCUT2D eigenvalue weighted by Crippen LogP contribution is 2.23. The van der Waals surface area contributed by atoms with Crippen LogP contribution in [-0.2, 0) is 10.0 Å². The quantitative estimate of drug-likeness (QED) is 0.882. The van der Waals surface area contributed by atoms with Gasteiger partial charge in [0.15, 0.2) is 0 Å². The van der Waals surface area contributed by atoms with E-state index in [0.717, 1.165) is 12.3 Å². The van der Waals surface area contributed by atoms with Crippen molar-refractivity contribution in [2.75, 3.05) is 4.72 Å². The van der Waals surface area contributed by atoms with Crippen LogP contribution in [0.5, 0.6) is 0 Å². The van der Waals surface area contributed by atoms with Gasteiger partial charge < -0.3 is 0 Å². The Kier molecular flexibility index (Phi) is 3.93. The van der Waals surface area contributed by atoms with E-state index in [1.807, 2.05) is 0 Å². The van der Waals surface area contributed by atoms with E-state index >= 15 is 0 Å². The van der Waals surface area contributed by atoms with Crippen LogP contribution in [0.1, 0.15) is 0 Å². The SMILES string of the molecule is O=S(=O)(Nc1cccc(F)c1)c1cnc(Cl)c(Cl)c1. The molecule has 0 saturated carbocycles. The van der Waals surface area contributed by atoms with Crippen LogP contribution in [0.4, 0.5) is 10.1 Å². The van der Waals surface area contributed by atoms with E-state index in [4.69, 9.17) is 23.2 Å².